The van der Waals surface area contributed by atoms with Crippen molar-refractivity contribution >= 4 is 17.3 Å². The second-order valence-electron chi connectivity index (χ2n) is 13.1. The molecular weight excluding hydrogens is 584 g/mol. The highest BCUT2D eigenvalue weighted by Crippen LogP contribution is 2.72. The van der Waals surface area contributed by atoms with Crippen molar-refractivity contribution in [1.29, 1.82) is 0 Å². The molecule has 1 aromatic rings. The van der Waals surface area contributed by atoms with Crippen molar-refractivity contribution in [1.82, 2.24) is 0 Å². The standard InChI is InChI=1S/C31H37F2NO10/c1-4-5-21-43-20-10-14-15-9-17(32)16-8-13(35)6-7-28(16,2)30(15,33)18(36)11-29(14,3)31(20,44-21)19(37)12-42-27-25(40)23(38)22(34)24(39)26(27)41/h6-8,14-15,17-18,20-21,36,38-41H,4-5,9-12,34H2,1-3H3/t14?,15?,17-,18?,20?,21?,28?,29?,30-,31?/m0/s1. The zero-order valence-electron chi connectivity index (χ0n) is 24.5. The predicted octanol–water partition coefficient (Wildman–Crippen LogP) is 3.25. The van der Waals surface area contributed by atoms with Crippen LogP contribution in [-0.2, 0) is 19.1 Å². The number of alkyl halides is 2. The highest BCUT2D eigenvalue weighted by molar-refractivity contribution is 6.01. The van der Waals surface area contributed by atoms with Crippen LogP contribution in [0.1, 0.15) is 52.9 Å². The first kappa shape index (κ1) is 30.6. The van der Waals surface area contributed by atoms with Gasteiger partial charge in [0.25, 0.3) is 0 Å². The molecule has 0 bridgehead atoms. The summed E-state index contributed by atoms with van der Waals surface area (Å²) in [5, 5.41) is 52.4. The molecule has 240 valence electrons. The van der Waals surface area contributed by atoms with E-state index in [4.69, 9.17) is 19.9 Å². The number of carbonyl (C=O) groups is 2. The van der Waals surface area contributed by atoms with Crippen LogP contribution in [0.25, 0.3) is 0 Å². The van der Waals surface area contributed by atoms with Gasteiger partial charge in [-0.25, -0.2) is 8.78 Å². The molecule has 0 spiro atoms. The number of rotatable bonds is 6. The molecule has 0 aromatic heterocycles. The van der Waals surface area contributed by atoms with Gasteiger partial charge in [0.15, 0.2) is 34.8 Å². The maximum atomic E-state index is 17.6. The highest BCUT2D eigenvalue weighted by Gasteiger charge is 2.80. The fourth-order valence-corrected chi connectivity index (χ4v) is 8.96. The maximum absolute atomic E-state index is 17.6. The Bertz CT molecular complexity index is 1470. The molecule has 1 heterocycles. The van der Waals surface area contributed by atoms with Gasteiger partial charge in [0, 0.05) is 16.7 Å². The molecule has 4 aliphatic carbocycles. The molecule has 13 heteroatoms. The number of phenolic OH excluding ortho intramolecular Hbond substituents is 4. The zero-order valence-corrected chi connectivity index (χ0v) is 24.5. The minimum Gasteiger partial charge on any atom is -0.503 e. The van der Waals surface area contributed by atoms with Crippen LogP contribution in [0.5, 0.6) is 28.7 Å². The van der Waals surface area contributed by atoms with Gasteiger partial charge in [0.2, 0.25) is 23.0 Å². The minimum atomic E-state index is -2.37. The molecule has 1 saturated heterocycles. The van der Waals surface area contributed by atoms with Crippen LogP contribution in [0.3, 0.4) is 0 Å². The van der Waals surface area contributed by atoms with Gasteiger partial charge < -0.3 is 45.5 Å². The lowest BCUT2D eigenvalue weighted by atomic mass is 9.44. The molecule has 7 N–H and O–H groups in total. The smallest absolute Gasteiger partial charge is 0.211 e. The van der Waals surface area contributed by atoms with Crippen LogP contribution in [0.4, 0.5) is 14.5 Å². The normalized spacial score (nSPS) is 42.2. The molecule has 11 nitrogen and oxygen atoms in total. The Balaban J connectivity index is 1.40. The van der Waals surface area contributed by atoms with Gasteiger partial charge in [-0.05, 0) is 56.3 Å². The summed E-state index contributed by atoms with van der Waals surface area (Å²) in [6.45, 7) is 4.21. The molecule has 6 rings (SSSR count). The van der Waals surface area contributed by atoms with Gasteiger partial charge in [-0.3, -0.25) is 9.59 Å². The van der Waals surface area contributed by atoms with Gasteiger partial charge >= 0.3 is 0 Å². The number of nitrogens with two attached hydrogens (primary N) is 1. The average molecular weight is 622 g/mol. The summed E-state index contributed by atoms with van der Waals surface area (Å²) in [5.74, 6) is -7.73. The quantitative estimate of drug-likeness (QED) is 0.155. The number of phenols is 4. The molecule has 1 aliphatic heterocycles. The first-order valence-corrected chi connectivity index (χ1v) is 14.8. The van der Waals surface area contributed by atoms with Crippen LogP contribution >= 0.6 is 0 Å². The number of ether oxygens (including phenoxy) is 3. The van der Waals surface area contributed by atoms with E-state index in [0.29, 0.717) is 12.8 Å². The van der Waals surface area contributed by atoms with Crippen LogP contribution in [0.2, 0.25) is 0 Å². The lowest BCUT2D eigenvalue weighted by molar-refractivity contribution is -0.234. The summed E-state index contributed by atoms with van der Waals surface area (Å²) in [5.41, 5.74) is -2.32. The van der Waals surface area contributed by atoms with E-state index >= 15 is 8.78 Å². The topological polar surface area (TPSA) is 189 Å². The molecule has 5 aliphatic rings. The summed E-state index contributed by atoms with van der Waals surface area (Å²) in [6.07, 6.45) is -0.895. The van der Waals surface area contributed by atoms with Crippen molar-refractivity contribution in [2.45, 2.75) is 88.8 Å². The predicted molar refractivity (Wildman–Crippen MR) is 149 cm³/mol. The summed E-state index contributed by atoms with van der Waals surface area (Å²) in [6, 6.07) is 0. The summed E-state index contributed by atoms with van der Waals surface area (Å²) < 4.78 is 51.5. The lowest BCUT2D eigenvalue weighted by Crippen LogP contribution is -2.71. The summed E-state index contributed by atoms with van der Waals surface area (Å²) >= 11 is 0. The van der Waals surface area contributed by atoms with Crippen LogP contribution in [0, 0.1) is 22.7 Å². The second-order valence-corrected chi connectivity index (χ2v) is 13.1. The Morgan fingerprint density at radius 1 is 1.11 bits per heavy atom. The number of ketones is 2. The van der Waals surface area contributed by atoms with E-state index in [-0.39, 0.29) is 24.8 Å². The van der Waals surface area contributed by atoms with E-state index in [0.717, 1.165) is 6.08 Å². The summed E-state index contributed by atoms with van der Waals surface area (Å²) in [7, 11) is 0. The Labute approximate surface area is 251 Å². The SMILES string of the molecule is CCCC1OC2CC3C4C[C@H](F)C5=CC(=O)C=CC5(C)[C@@]4(F)C(O)CC3(C)C2(C(=O)COc2c(O)c(O)c(N)c(O)c2O)O1. The molecule has 0 amide bonds. The molecule has 10 atom stereocenters. The van der Waals surface area contributed by atoms with Crippen molar-refractivity contribution < 1.29 is 58.1 Å². The molecule has 4 fully saturated rings. The van der Waals surface area contributed by atoms with Crippen LogP contribution < -0.4 is 10.5 Å². The Morgan fingerprint density at radius 3 is 2.41 bits per heavy atom. The number of aliphatic hydroxyl groups excluding tert-OH is 1. The van der Waals surface area contributed by atoms with E-state index in [1.807, 2.05) is 6.92 Å². The fraction of sp³-hybridized carbons (Fsp3) is 0.613. The molecular formula is C31H37F2NO10. The van der Waals surface area contributed by atoms with E-state index in [9.17, 15) is 35.1 Å². The summed E-state index contributed by atoms with van der Waals surface area (Å²) in [4.78, 5) is 26.4. The number of carbonyl (C=O) groups excluding carboxylic acids is 2. The van der Waals surface area contributed by atoms with Crippen LogP contribution in [-0.4, -0.2) is 79.6 Å². The first-order valence-electron chi connectivity index (χ1n) is 14.8. The Morgan fingerprint density at radius 2 is 1.77 bits per heavy atom. The number of hydrogen-bond acceptors (Lipinski definition) is 11. The molecule has 0 radical (unpaired) electrons. The van der Waals surface area contributed by atoms with E-state index < -0.39 is 111 Å². The van der Waals surface area contributed by atoms with E-state index in [1.54, 1.807) is 6.92 Å². The van der Waals surface area contributed by atoms with E-state index in [1.165, 1.54) is 19.1 Å². The minimum absolute atomic E-state index is 0.0195. The van der Waals surface area contributed by atoms with E-state index in [2.05, 4.69) is 0 Å². The van der Waals surface area contributed by atoms with Crippen molar-refractivity contribution in [2.75, 3.05) is 12.3 Å². The van der Waals surface area contributed by atoms with Gasteiger partial charge in [-0.15, -0.1) is 0 Å². The van der Waals surface area contributed by atoms with Gasteiger partial charge in [-0.1, -0.05) is 26.3 Å². The number of allylic oxidation sites excluding steroid dienone is 4. The number of halogens is 2. The van der Waals surface area contributed by atoms with Crippen molar-refractivity contribution in [3.05, 3.63) is 23.8 Å². The van der Waals surface area contributed by atoms with Gasteiger partial charge in [-0.2, -0.15) is 0 Å². The van der Waals surface area contributed by atoms with Crippen molar-refractivity contribution in [3.8, 4) is 28.7 Å². The third-order valence-corrected chi connectivity index (χ3v) is 11.1. The number of aliphatic hydroxyl groups is 1. The number of anilines is 1. The Kier molecular flexibility index (Phi) is 6.81. The number of Topliss-reactive ketones (excluding diaryl/α,β-unsaturated/α-hetero) is 1. The number of benzene rings is 1. The number of fused-ring (bicyclic) bond motifs is 7. The Hall–Kier alpha value is -3.42. The molecule has 3 saturated carbocycles. The largest absolute Gasteiger partial charge is 0.503 e. The van der Waals surface area contributed by atoms with Gasteiger partial charge in [0.1, 0.15) is 18.5 Å². The van der Waals surface area contributed by atoms with Gasteiger partial charge in [0.05, 0.1) is 12.2 Å². The fourth-order valence-electron chi connectivity index (χ4n) is 8.96. The monoisotopic (exact) mass is 621 g/mol. The second kappa shape index (κ2) is 9.79. The van der Waals surface area contributed by atoms with Crippen molar-refractivity contribution in [3.63, 3.8) is 0 Å². The number of hydrogen-bond donors (Lipinski definition) is 6. The maximum Gasteiger partial charge on any atom is 0.211 e. The number of nitrogen functional groups attached to an aromatic ring is 1. The third kappa shape index (κ3) is 3.63. The van der Waals surface area contributed by atoms with Crippen molar-refractivity contribution in [2.24, 2.45) is 22.7 Å². The highest BCUT2D eigenvalue weighted by atomic mass is 19.1. The number of aromatic hydroxyl groups is 4. The molecule has 44 heavy (non-hydrogen) atoms. The molecule has 8 unspecified atom stereocenters. The third-order valence-electron chi connectivity index (χ3n) is 11.1. The van der Waals surface area contributed by atoms with Crippen LogP contribution in [0.15, 0.2) is 23.8 Å². The average Bonchev–Trinajstić information content (AvgIpc) is 3.45. The zero-order chi connectivity index (χ0) is 32.1. The molecule has 1 aromatic carbocycles. The lowest BCUT2D eigenvalue weighted by Gasteiger charge is -2.63. The first-order chi connectivity index (χ1) is 20.6.